The fourth-order valence-corrected chi connectivity index (χ4v) is 3.64. The van der Waals surface area contributed by atoms with Gasteiger partial charge in [0.15, 0.2) is 0 Å². The van der Waals surface area contributed by atoms with E-state index in [-0.39, 0.29) is 18.2 Å². The van der Waals surface area contributed by atoms with Crippen LogP contribution in [0.2, 0.25) is 0 Å². The number of aryl methyl sites for hydroxylation is 1. The number of hydrogen-bond donors (Lipinski definition) is 2. The normalized spacial score (nSPS) is 15.8. The standard InChI is InChI=1S/C20H17BrN4O2/c1-12-9-18(25(24-12)14-6-4-5-13(21)10-14)23-20(27)16-11-19(26)22-17-8-3-2-7-15(16)17/h2-10,16H,11H2,1H3,(H,22,26)(H,23,27)/t16-/m0/s1. The highest BCUT2D eigenvalue weighted by Crippen LogP contribution is 2.33. The summed E-state index contributed by atoms with van der Waals surface area (Å²) in [6.07, 6.45) is 0.118. The third-order valence-electron chi connectivity index (χ3n) is 4.45. The van der Waals surface area contributed by atoms with Gasteiger partial charge in [0.2, 0.25) is 11.8 Å². The summed E-state index contributed by atoms with van der Waals surface area (Å²) in [4.78, 5) is 25.0. The molecule has 0 bridgehead atoms. The third kappa shape index (κ3) is 3.50. The molecule has 0 saturated heterocycles. The van der Waals surface area contributed by atoms with E-state index in [2.05, 4.69) is 31.7 Å². The zero-order chi connectivity index (χ0) is 19.0. The smallest absolute Gasteiger partial charge is 0.233 e. The van der Waals surface area contributed by atoms with Gasteiger partial charge in [-0.1, -0.05) is 40.2 Å². The molecule has 0 spiro atoms. The van der Waals surface area contributed by atoms with Crippen LogP contribution in [0.25, 0.3) is 5.69 Å². The van der Waals surface area contributed by atoms with Gasteiger partial charge in [-0.3, -0.25) is 9.59 Å². The molecule has 1 aliphatic heterocycles. The number of carbonyl (C=O) groups excluding carboxylic acids is 2. The number of hydrogen-bond acceptors (Lipinski definition) is 3. The molecule has 1 atom stereocenters. The van der Waals surface area contributed by atoms with Crippen LogP contribution in [0.1, 0.15) is 23.6 Å². The molecule has 1 aromatic heterocycles. The number of rotatable bonds is 3. The van der Waals surface area contributed by atoms with Gasteiger partial charge >= 0.3 is 0 Å². The van der Waals surface area contributed by atoms with Crippen LogP contribution in [0, 0.1) is 6.92 Å². The fraction of sp³-hybridized carbons (Fsp3) is 0.150. The lowest BCUT2D eigenvalue weighted by Crippen LogP contribution is -2.31. The Hall–Kier alpha value is -2.93. The van der Waals surface area contributed by atoms with E-state index in [0.717, 1.165) is 21.4 Å². The van der Waals surface area contributed by atoms with Crippen LogP contribution in [0.4, 0.5) is 11.5 Å². The predicted molar refractivity (Wildman–Crippen MR) is 107 cm³/mol. The molecule has 0 unspecified atom stereocenters. The SMILES string of the molecule is Cc1cc(NC(=O)[C@H]2CC(=O)Nc3ccccc32)n(-c2cccc(Br)c2)n1. The Labute approximate surface area is 164 Å². The first kappa shape index (κ1) is 17.5. The van der Waals surface area contributed by atoms with E-state index >= 15 is 0 Å². The summed E-state index contributed by atoms with van der Waals surface area (Å²) in [6, 6.07) is 16.9. The molecule has 0 saturated carbocycles. The number of nitrogens with one attached hydrogen (secondary N) is 2. The summed E-state index contributed by atoms with van der Waals surface area (Å²) in [6.45, 7) is 1.87. The molecule has 0 aliphatic carbocycles. The molecule has 2 heterocycles. The van der Waals surface area contributed by atoms with Gasteiger partial charge in [-0.2, -0.15) is 5.10 Å². The van der Waals surface area contributed by atoms with Crippen molar-refractivity contribution in [2.75, 3.05) is 10.6 Å². The lowest BCUT2D eigenvalue weighted by molar-refractivity contribution is -0.123. The minimum atomic E-state index is -0.541. The minimum absolute atomic E-state index is 0.118. The lowest BCUT2D eigenvalue weighted by atomic mass is 9.90. The van der Waals surface area contributed by atoms with Crippen LogP contribution in [-0.2, 0) is 9.59 Å². The second-order valence-electron chi connectivity index (χ2n) is 6.44. The van der Waals surface area contributed by atoms with Crippen molar-refractivity contribution in [3.05, 3.63) is 70.3 Å². The van der Waals surface area contributed by atoms with Crippen LogP contribution >= 0.6 is 15.9 Å². The maximum Gasteiger partial charge on any atom is 0.233 e. The average molecular weight is 425 g/mol. The van der Waals surface area contributed by atoms with Crippen LogP contribution in [0.5, 0.6) is 0 Å². The zero-order valence-electron chi connectivity index (χ0n) is 14.6. The quantitative estimate of drug-likeness (QED) is 0.666. The van der Waals surface area contributed by atoms with Gasteiger partial charge in [0, 0.05) is 22.6 Å². The summed E-state index contributed by atoms with van der Waals surface area (Å²) in [7, 11) is 0. The van der Waals surface area contributed by atoms with E-state index in [1.807, 2.05) is 61.5 Å². The summed E-state index contributed by atoms with van der Waals surface area (Å²) in [5, 5.41) is 10.2. The molecular weight excluding hydrogens is 408 g/mol. The molecule has 2 aromatic carbocycles. The summed E-state index contributed by atoms with van der Waals surface area (Å²) in [5.41, 5.74) is 3.12. The van der Waals surface area contributed by atoms with E-state index in [1.54, 1.807) is 4.68 Å². The first-order valence-electron chi connectivity index (χ1n) is 8.53. The van der Waals surface area contributed by atoms with E-state index < -0.39 is 5.92 Å². The van der Waals surface area contributed by atoms with Gasteiger partial charge in [-0.05, 0) is 36.8 Å². The van der Waals surface area contributed by atoms with Crippen molar-refractivity contribution in [2.45, 2.75) is 19.3 Å². The largest absolute Gasteiger partial charge is 0.326 e. The second kappa shape index (κ2) is 7.00. The van der Waals surface area contributed by atoms with Gasteiger partial charge in [0.1, 0.15) is 5.82 Å². The topological polar surface area (TPSA) is 76.0 Å². The first-order chi connectivity index (χ1) is 13.0. The van der Waals surface area contributed by atoms with Crippen LogP contribution in [0.3, 0.4) is 0 Å². The molecule has 7 heteroatoms. The highest BCUT2D eigenvalue weighted by Gasteiger charge is 2.31. The molecule has 6 nitrogen and oxygen atoms in total. The maximum atomic E-state index is 13.0. The number of anilines is 2. The van der Waals surface area contributed by atoms with Crippen LogP contribution in [-0.4, -0.2) is 21.6 Å². The molecule has 1 aliphatic rings. The monoisotopic (exact) mass is 424 g/mol. The molecule has 0 fully saturated rings. The molecule has 27 heavy (non-hydrogen) atoms. The van der Waals surface area contributed by atoms with Gasteiger partial charge in [0.05, 0.1) is 17.3 Å². The Balaban J connectivity index is 1.66. The number of carbonyl (C=O) groups is 2. The number of fused-ring (bicyclic) bond motifs is 1. The first-order valence-corrected chi connectivity index (χ1v) is 9.33. The molecule has 2 N–H and O–H groups in total. The van der Waals surface area contributed by atoms with Gasteiger partial charge in [-0.25, -0.2) is 4.68 Å². The zero-order valence-corrected chi connectivity index (χ0v) is 16.2. The van der Waals surface area contributed by atoms with Crippen molar-refractivity contribution >= 4 is 39.2 Å². The molecule has 2 amide bonds. The highest BCUT2D eigenvalue weighted by atomic mass is 79.9. The number of benzene rings is 2. The van der Waals surface area contributed by atoms with Crippen molar-refractivity contribution < 1.29 is 9.59 Å². The number of aromatic nitrogens is 2. The van der Waals surface area contributed by atoms with Crippen molar-refractivity contribution in [2.24, 2.45) is 0 Å². The fourth-order valence-electron chi connectivity index (χ4n) is 3.25. The number of nitrogens with zero attached hydrogens (tertiary/aromatic N) is 2. The molecule has 4 rings (SSSR count). The number of amides is 2. The summed E-state index contributed by atoms with van der Waals surface area (Å²) >= 11 is 3.46. The van der Waals surface area contributed by atoms with Crippen molar-refractivity contribution in [1.29, 1.82) is 0 Å². The summed E-state index contributed by atoms with van der Waals surface area (Å²) in [5.74, 6) is -0.362. The molecule has 3 aromatic rings. The van der Waals surface area contributed by atoms with E-state index in [4.69, 9.17) is 0 Å². The van der Waals surface area contributed by atoms with Gasteiger partial charge < -0.3 is 10.6 Å². The number of halogens is 1. The summed E-state index contributed by atoms with van der Waals surface area (Å²) < 4.78 is 2.61. The Kier molecular flexibility index (Phi) is 4.53. The maximum absolute atomic E-state index is 13.0. The molecular formula is C20H17BrN4O2. The second-order valence-corrected chi connectivity index (χ2v) is 7.36. The van der Waals surface area contributed by atoms with Crippen LogP contribution in [0.15, 0.2) is 59.1 Å². The van der Waals surface area contributed by atoms with E-state index in [0.29, 0.717) is 11.5 Å². The Bertz CT molecular complexity index is 1040. The van der Waals surface area contributed by atoms with Gasteiger partial charge in [-0.15, -0.1) is 0 Å². The van der Waals surface area contributed by atoms with Crippen molar-refractivity contribution in [3.8, 4) is 5.69 Å². The predicted octanol–water partition coefficient (Wildman–Crippen LogP) is 4.01. The third-order valence-corrected chi connectivity index (χ3v) is 4.95. The Morgan fingerprint density at radius 2 is 2.04 bits per heavy atom. The lowest BCUT2D eigenvalue weighted by Gasteiger charge is -2.24. The van der Waals surface area contributed by atoms with Crippen molar-refractivity contribution in [3.63, 3.8) is 0 Å². The molecule has 136 valence electrons. The average Bonchev–Trinajstić information content (AvgIpc) is 3.01. The highest BCUT2D eigenvalue weighted by molar-refractivity contribution is 9.10. The van der Waals surface area contributed by atoms with E-state index in [1.165, 1.54) is 0 Å². The Morgan fingerprint density at radius 3 is 2.85 bits per heavy atom. The van der Waals surface area contributed by atoms with Gasteiger partial charge in [0.25, 0.3) is 0 Å². The Morgan fingerprint density at radius 1 is 1.22 bits per heavy atom. The van der Waals surface area contributed by atoms with Crippen molar-refractivity contribution in [1.82, 2.24) is 9.78 Å². The number of para-hydroxylation sites is 1. The van der Waals surface area contributed by atoms with E-state index in [9.17, 15) is 9.59 Å². The minimum Gasteiger partial charge on any atom is -0.326 e. The van der Waals surface area contributed by atoms with Crippen LogP contribution < -0.4 is 10.6 Å². The molecule has 0 radical (unpaired) electrons.